The summed E-state index contributed by atoms with van der Waals surface area (Å²) in [5.74, 6) is 1.06. The third-order valence-electron chi connectivity index (χ3n) is 3.08. The number of aryl methyl sites for hydroxylation is 1. The predicted octanol–water partition coefficient (Wildman–Crippen LogP) is 4.30. The Balaban J connectivity index is 1.86. The third kappa shape index (κ3) is 2.20. The number of aromatic nitrogens is 1. The van der Waals surface area contributed by atoms with Crippen LogP contribution in [0.1, 0.15) is 17.3 Å². The van der Waals surface area contributed by atoms with Crippen molar-refractivity contribution in [1.82, 2.24) is 4.98 Å². The van der Waals surface area contributed by atoms with Crippen molar-refractivity contribution in [3.63, 3.8) is 0 Å². The Bertz CT molecular complexity index is 586. The molecule has 0 bridgehead atoms. The second-order valence-corrected chi connectivity index (χ2v) is 5.76. The molecule has 0 saturated carbocycles. The number of pyridine rings is 1. The van der Waals surface area contributed by atoms with E-state index in [4.69, 9.17) is 11.6 Å². The highest BCUT2D eigenvalue weighted by atomic mass is 35.5. The second kappa shape index (κ2) is 4.82. The standard InChI is InChI=1S/C14H13ClN2S/c1-9-11(6-7-14(15)16-9)17-12-8-18-13-5-3-2-4-10(12)13/h2-7,12,17H,8H2,1H3. The van der Waals surface area contributed by atoms with Crippen molar-refractivity contribution in [3.05, 3.63) is 52.8 Å². The van der Waals surface area contributed by atoms with Crippen LogP contribution in [-0.4, -0.2) is 10.7 Å². The summed E-state index contributed by atoms with van der Waals surface area (Å²) >= 11 is 7.77. The van der Waals surface area contributed by atoms with Crippen LogP contribution in [-0.2, 0) is 0 Å². The van der Waals surface area contributed by atoms with Gasteiger partial charge in [0.15, 0.2) is 0 Å². The summed E-state index contributed by atoms with van der Waals surface area (Å²) in [6.45, 7) is 1.97. The topological polar surface area (TPSA) is 24.9 Å². The van der Waals surface area contributed by atoms with E-state index in [1.165, 1.54) is 10.5 Å². The van der Waals surface area contributed by atoms with Crippen molar-refractivity contribution < 1.29 is 0 Å². The van der Waals surface area contributed by atoms with Gasteiger partial charge >= 0.3 is 0 Å². The summed E-state index contributed by atoms with van der Waals surface area (Å²) in [5, 5.41) is 4.09. The summed E-state index contributed by atoms with van der Waals surface area (Å²) < 4.78 is 0. The van der Waals surface area contributed by atoms with E-state index < -0.39 is 0 Å². The molecule has 1 unspecified atom stereocenters. The number of halogens is 1. The van der Waals surface area contributed by atoms with Crippen LogP contribution in [0, 0.1) is 6.92 Å². The van der Waals surface area contributed by atoms with Gasteiger partial charge in [0.25, 0.3) is 0 Å². The number of nitrogens with zero attached hydrogens (tertiary/aromatic N) is 1. The summed E-state index contributed by atoms with van der Waals surface area (Å²) in [6, 6.07) is 12.7. The molecule has 0 aliphatic carbocycles. The van der Waals surface area contributed by atoms with Gasteiger partial charge in [0.05, 0.1) is 17.4 Å². The lowest BCUT2D eigenvalue weighted by Gasteiger charge is -2.16. The van der Waals surface area contributed by atoms with Gasteiger partial charge < -0.3 is 5.32 Å². The molecule has 1 aromatic heterocycles. The first-order chi connectivity index (χ1) is 8.74. The molecule has 0 radical (unpaired) electrons. The van der Waals surface area contributed by atoms with Crippen molar-refractivity contribution in [1.29, 1.82) is 0 Å². The molecule has 2 heterocycles. The third-order valence-corrected chi connectivity index (χ3v) is 4.47. The van der Waals surface area contributed by atoms with Gasteiger partial charge in [-0.2, -0.15) is 0 Å². The number of anilines is 1. The molecule has 92 valence electrons. The Labute approximate surface area is 116 Å². The van der Waals surface area contributed by atoms with Crippen LogP contribution in [0.15, 0.2) is 41.3 Å². The number of benzene rings is 1. The molecule has 0 fully saturated rings. The van der Waals surface area contributed by atoms with Crippen molar-refractivity contribution >= 4 is 29.1 Å². The summed E-state index contributed by atoms with van der Waals surface area (Å²) in [6.07, 6.45) is 0. The van der Waals surface area contributed by atoms with Crippen molar-refractivity contribution in [2.24, 2.45) is 0 Å². The minimum Gasteiger partial charge on any atom is -0.376 e. The Morgan fingerprint density at radius 2 is 2.11 bits per heavy atom. The zero-order chi connectivity index (χ0) is 12.5. The van der Waals surface area contributed by atoms with Gasteiger partial charge in [0.1, 0.15) is 5.15 Å². The average Bonchev–Trinajstić information content (AvgIpc) is 2.76. The Morgan fingerprint density at radius 1 is 1.28 bits per heavy atom. The molecule has 0 amide bonds. The number of hydrogen-bond donors (Lipinski definition) is 1. The number of fused-ring (bicyclic) bond motifs is 1. The molecule has 3 rings (SSSR count). The van der Waals surface area contributed by atoms with E-state index in [1.807, 2.05) is 30.8 Å². The van der Waals surface area contributed by atoms with Gasteiger partial charge in [0.2, 0.25) is 0 Å². The molecule has 0 spiro atoms. The normalized spacial score (nSPS) is 17.6. The number of nitrogens with one attached hydrogen (secondary N) is 1. The first-order valence-electron chi connectivity index (χ1n) is 5.85. The molecular weight excluding hydrogens is 264 g/mol. The molecule has 1 aliphatic rings. The lowest BCUT2D eigenvalue weighted by Crippen LogP contribution is -2.11. The minimum absolute atomic E-state index is 0.355. The molecule has 1 aliphatic heterocycles. The fourth-order valence-corrected chi connectivity index (χ4v) is 3.50. The summed E-state index contributed by atoms with van der Waals surface area (Å²) in [4.78, 5) is 5.64. The van der Waals surface area contributed by atoms with Crippen molar-refractivity contribution in [2.45, 2.75) is 17.9 Å². The number of hydrogen-bond acceptors (Lipinski definition) is 3. The Kier molecular flexibility index (Phi) is 3.18. The Hall–Kier alpha value is -1.19. The molecule has 2 aromatic rings. The van der Waals surface area contributed by atoms with Crippen LogP contribution in [0.3, 0.4) is 0 Å². The van der Waals surface area contributed by atoms with Crippen LogP contribution < -0.4 is 5.32 Å². The minimum atomic E-state index is 0.355. The van der Waals surface area contributed by atoms with Crippen LogP contribution >= 0.6 is 23.4 Å². The highest BCUT2D eigenvalue weighted by molar-refractivity contribution is 7.99. The quantitative estimate of drug-likeness (QED) is 0.828. The van der Waals surface area contributed by atoms with Gasteiger partial charge in [-0.3, -0.25) is 0 Å². The molecule has 1 atom stereocenters. The zero-order valence-electron chi connectivity index (χ0n) is 9.98. The predicted molar refractivity (Wildman–Crippen MR) is 77.5 cm³/mol. The molecule has 2 nitrogen and oxygen atoms in total. The highest BCUT2D eigenvalue weighted by Crippen LogP contribution is 2.39. The van der Waals surface area contributed by atoms with Crippen molar-refractivity contribution in [3.8, 4) is 0 Å². The molecular formula is C14H13ClN2S. The maximum absolute atomic E-state index is 5.87. The van der Waals surface area contributed by atoms with Crippen LogP contribution in [0.2, 0.25) is 5.15 Å². The Morgan fingerprint density at radius 3 is 2.94 bits per heavy atom. The van der Waals surface area contributed by atoms with Crippen LogP contribution in [0.25, 0.3) is 0 Å². The SMILES string of the molecule is Cc1nc(Cl)ccc1NC1CSc2ccccc21. The van der Waals surface area contributed by atoms with Crippen LogP contribution in [0.5, 0.6) is 0 Å². The van der Waals surface area contributed by atoms with Gasteiger partial charge in [0, 0.05) is 10.6 Å². The van der Waals surface area contributed by atoms with E-state index in [0.29, 0.717) is 11.2 Å². The lowest BCUT2D eigenvalue weighted by atomic mass is 10.1. The lowest BCUT2D eigenvalue weighted by molar-refractivity contribution is 0.894. The number of thioether (sulfide) groups is 1. The van der Waals surface area contributed by atoms with Gasteiger partial charge in [-0.05, 0) is 30.7 Å². The van der Waals surface area contributed by atoms with Crippen LogP contribution in [0.4, 0.5) is 5.69 Å². The first kappa shape index (κ1) is 11.9. The largest absolute Gasteiger partial charge is 0.376 e. The van der Waals surface area contributed by atoms with E-state index >= 15 is 0 Å². The fraction of sp³-hybridized carbons (Fsp3) is 0.214. The monoisotopic (exact) mass is 276 g/mol. The second-order valence-electron chi connectivity index (χ2n) is 4.31. The van der Waals surface area contributed by atoms with E-state index in [2.05, 4.69) is 34.6 Å². The molecule has 4 heteroatoms. The van der Waals surface area contributed by atoms with Gasteiger partial charge in [-0.15, -0.1) is 11.8 Å². The average molecular weight is 277 g/mol. The maximum atomic E-state index is 5.87. The summed E-state index contributed by atoms with van der Waals surface area (Å²) in [5.41, 5.74) is 3.37. The fourth-order valence-electron chi connectivity index (χ4n) is 2.15. The van der Waals surface area contributed by atoms with E-state index in [0.717, 1.165) is 17.1 Å². The molecule has 1 aromatic carbocycles. The smallest absolute Gasteiger partial charge is 0.129 e. The summed E-state index contributed by atoms with van der Waals surface area (Å²) in [7, 11) is 0. The molecule has 18 heavy (non-hydrogen) atoms. The highest BCUT2D eigenvalue weighted by Gasteiger charge is 2.22. The van der Waals surface area contributed by atoms with Gasteiger partial charge in [-0.1, -0.05) is 29.8 Å². The van der Waals surface area contributed by atoms with E-state index in [1.54, 1.807) is 0 Å². The van der Waals surface area contributed by atoms with E-state index in [-0.39, 0.29) is 0 Å². The molecule has 1 N–H and O–H groups in total. The first-order valence-corrected chi connectivity index (χ1v) is 7.22. The van der Waals surface area contributed by atoms with Crippen molar-refractivity contribution in [2.75, 3.05) is 11.1 Å². The van der Waals surface area contributed by atoms with E-state index in [9.17, 15) is 0 Å². The maximum Gasteiger partial charge on any atom is 0.129 e. The number of rotatable bonds is 2. The van der Waals surface area contributed by atoms with Gasteiger partial charge in [-0.25, -0.2) is 4.98 Å². The zero-order valence-corrected chi connectivity index (χ0v) is 11.6. The molecule has 0 saturated heterocycles.